The van der Waals surface area contributed by atoms with Crippen LogP contribution in [0.4, 0.5) is 29.3 Å². The average Bonchev–Trinajstić information content (AvgIpc) is 3.39. The Labute approximate surface area is 196 Å². The number of carbonyl (C=O) groups is 3. The molecular weight excluding hydrogens is 475 g/mol. The highest BCUT2D eigenvalue weighted by Gasteiger charge is 2.33. The summed E-state index contributed by atoms with van der Waals surface area (Å²) in [4.78, 5) is 38.6. The zero-order valence-corrected chi connectivity index (χ0v) is 18.3. The van der Waals surface area contributed by atoms with Crippen molar-refractivity contribution in [1.82, 2.24) is 36.0 Å². The molecule has 2 aromatic rings. The van der Waals surface area contributed by atoms with Crippen molar-refractivity contribution in [3.63, 3.8) is 0 Å². The number of nitrogens with zero attached hydrogens (tertiary/aromatic N) is 7. The molecule has 0 aliphatic carbocycles. The van der Waals surface area contributed by atoms with Crippen LogP contribution in [0.1, 0.15) is 0 Å². The Balaban J connectivity index is 1.35. The number of halogens is 3. The maximum Gasteiger partial charge on any atom is 0.414 e. The monoisotopic (exact) mass is 497 g/mol. The second-order valence-electron chi connectivity index (χ2n) is 7.75. The molecule has 2 N–H and O–H groups in total. The summed E-state index contributed by atoms with van der Waals surface area (Å²) < 4.78 is 46.0. The number of tetrazole rings is 1. The normalized spacial score (nSPS) is 18.6. The first-order valence-electron chi connectivity index (χ1n) is 10.6. The van der Waals surface area contributed by atoms with Gasteiger partial charge < -0.3 is 15.0 Å². The molecule has 4 rings (SSSR count). The van der Waals surface area contributed by atoms with Gasteiger partial charge in [-0.05, 0) is 28.6 Å². The van der Waals surface area contributed by atoms with Crippen LogP contribution in [0.2, 0.25) is 0 Å². The van der Waals surface area contributed by atoms with Crippen LogP contribution in [-0.2, 0) is 20.9 Å². The summed E-state index contributed by atoms with van der Waals surface area (Å²) in [5.74, 6) is -2.29. The lowest BCUT2D eigenvalue weighted by Gasteiger charge is -2.24. The van der Waals surface area contributed by atoms with Crippen LogP contribution < -0.4 is 20.5 Å². The lowest BCUT2D eigenvalue weighted by atomic mass is 10.2. The fourth-order valence-corrected chi connectivity index (χ4v) is 3.71. The zero-order valence-electron chi connectivity index (χ0n) is 18.3. The summed E-state index contributed by atoms with van der Waals surface area (Å²) in [5.41, 5.74) is 3.52. The van der Waals surface area contributed by atoms with E-state index in [2.05, 4.69) is 21.0 Å². The van der Waals surface area contributed by atoms with E-state index in [-0.39, 0.29) is 37.8 Å². The molecule has 2 saturated heterocycles. The standard InChI is InChI=1S/C19H22F3N9O4/c20-14-7-12(30-9-13(35-19(30)34)8-23-18(33)17(21)22)1-2-15(14)28-4-3-25-31(6-5-28)16(32)10-29-11-24-26-27-29/h1-2,7,11,13,17,25H,3-6,8-10H2,(H,23,33)/t13-/m0/s1. The molecule has 13 nitrogen and oxygen atoms in total. The van der Waals surface area contributed by atoms with Gasteiger partial charge in [0.2, 0.25) is 0 Å². The summed E-state index contributed by atoms with van der Waals surface area (Å²) in [6, 6.07) is 4.23. The van der Waals surface area contributed by atoms with Crippen molar-refractivity contribution in [1.29, 1.82) is 0 Å². The molecule has 2 fully saturated rings. The number of alkyl halides is 2. The first kappa shape index (κ1) is 24.2. The van der Waals surface area contributed by atoms with Crippen LogP contribution in [0.15, 0.2) is 24.5 Å². The van der Waals surface area contributed by atoms with Gasteiger partial charge in [-0.25, -0.2) is 19.3 Å². The molecule has 0 unspecified atom stereocenters. The SMILES string of the molecule is O=C(NC[C@H]1CN(c2ccc(N3CCNN(C(=O)Cn4cnnn4)CC3)c(F)c2)C(=O)O1)C(F)F. The van der Waals surface area contributed by atoms with E-state index in [4.69, 9.17) is 4.74 Å². The van der Waals surface area contributed by atoms with Crippen LogP contribution in [0.25, 0.3) is 0 Å². The molecule has 0 spiro atoms. The first-order valence-corrected chi connectivity index (χ1v) is 10.6. The lowest BCUT2D eigenvalue weighted by molar-refractivity contribution is -0.135. The minimum absolute atomic E-state index is 0.0346. The number of cyclic esters (lactones) is 1. The highest BCUT2D eigenvalue weighted by Crippen LogP contribution is 2.28. The van der Waals surface area contributed by atoms with Crippen molar-refractivity contribution in [2.45, 2.75) is 19.1 Å². The van der Waals surface area contributed by atoms with E-state index >= 15 is 4.39 Å². The van der Waals surface area contributed by atoms with Crippen molar-refractivity contribution in [2.24, 2.45) is 0 Å². The topological polar surface area (TPSA) is 138 Å². The molecule has 0 radical (unpaired) electrons. The highest BCUT2D eigenvalue weighted by molar-refractivity contribution is 5.90. The number of rotatable bonds is 7. The molecular formula is C19H22F3N9O4. The summed E-state index contributed by atoms with van der Waals surface area (Å²) in [6.07, 6.45) is -3.46. The third-order valence-corrected chi connectivity index (χ3v) is 5.43. The molecule has 16 heteroatoms. The summed E-state index contributed by atoms with van der Waals surface area (Å²) in [5, 5.41) is 14.0. The Morgan fingerprint density at radius 2 is 2.09 bits per heavy atom. The van der Waals surface area contributed by atoms with Crippen LogP contribution in [0.3, 0.4) is 0 Å². The Bertz CT molecular complexity index is 1070. The average molecular weight is 497 g/mol. The zero-order chi connectivity index (χ0) is 24.9. The summed E-state index contributed by atoms with van der Waals surface area (Å²) in [6.45, 7) is 1.08. The van der Waals surface area contributed by atoms with Gasteiger partial charge in [0.05, 0.1) is 31.0 Å². The fraction of sp³-hybridized carbons (Fsp3) is 0.474. The number of hydrogen-bond acceptors (Lipinski definition) is 9. The van der Waals surface area contributed by atoms with Crippen molar-refractivity contribution in [3.8, 4) is 0 Å². The molecule has 2 aliphatic rings. The van der Waals surface area contributed by atoms with E-state index in [1.54, 1.807) is 11.0 Å². The molecule has 0 bridgehead atoms. The number of amides is 3. The maximum atomic E-state index is 15.0. The second-order valence-corrected chi connectivity index (χ2v) is 7.75. The van der Waals surface area contributed by atoms with E-state index in [9.17, 15) is 23.2 Å². The predicted molar refractivity (Wildman–Crippen MR) is 113 cm³/mol. The van der Waals surface area contributed by atoms with E-state index in [1.165, 1.54) is 28.2 Å². The summed E-state index contributed by atoms with van der Waals surface area (Å²) in [7, 11) is 0. The molecule has 35 heavy (non-hydrogen) atoms. The fourth-order valence-electron chi connectivity index (χ4n) is 3.71. The van der Waals surface area contributed by atoms with Gasteiger partial charge in [0.1, 0.15) is 24.8 Å². The molecule has 1 aromatic heterocycles. The van der Waals surface area contributed by atoms with E-state index in [0.717, 1.165) is 4.90 Å². The van der Waals surface area contributed by atoms with E-state index < -0.39 is 30.3 Å². The van der Waals surface area contributed by atoms with Crippen LogP contribution in [-0.4, -0.2) is 94.9 Å². The Kier molecular flexibility index (Phi) is 7.28. The van der Waals surface area contributed by atoms with Gasteiger partial charge in [-0.1, -0.05) is 0 Å². The summed E-state index contributed by atoms with van der Waals surface area (Å²) >= 11 is 0. The maximum absolute atomic E-state index is 15.0. The Hall–Kier alpha value is -3.95. The van der Waals surface area contributed by atoms with Gasteiger partial charge in [-0.2, -0.15) is 8.78 Å². The number of hydrogen-bond donors (Lipinski definition) is 2. The van der Waals surface area contributed by atoms with Gasteiger partial charge in [-0.3, -0.25) is 19.5 Å². The molecule has 188 valence electrons. The van der Waals surface area contributed by atoms with Crippen molar-refractivity contribution in [2.75, 3.05) is 49.1 Å². The van der Waals surface area contributed by atoms with Gasteiger partial charge >= 0.3 is 12.5 Å². The molecule has 2 aliphatic heterocycles. The first-order chi connectivity index (χ1) is 16.8. The quantitative estimate of drug-likeness (QED) is 0.512. The number of benzene rings is 1. The largest absolute Gasteiger partial charge is 0.442 e. The molecule has 1 atom stereocenters. The number of nitrogens with one attached hydrogen (secondary N) is 2. The Morgan fingerprint density at radius 3 is 2.80 bits per heavy atom. The third-order valence-electron chi connectivity index (χ3n) is 5.43. The molecule has 3 heterocycles. The number of ether oxygens (including phenoxy) is 1. The predicted octanol–water partition coefficient (Wildman–Crippen LogP) is -0.628. The van der Waals surface area contributed by atoms with E-state index in [0.29, 0.717) is 25.3 Å². The van der Waals surface area contributed by atoms with Crippen molar-refractivity contribution < 1.29 is 32.3 Å². The minimum atomic E-state index is -3.17. The molecule has 3 amide bonds. The lowest BCUT2D eigenvalue weighted by Crippen LogP contribution is -2.45. The number of hydrazine groups is 1. The smallest absolute Gasteiger partial charge is 0.414 e. The number of aromatic nitrogens is 4. The van der Waals surface area contributed by atoms with Crippen LogP contribution in [0.5, 0.6) is 0 Å². The van der Waals surface area contributed by atoms with Gasteiger partial charge in [0.25, 0.3) is 11.8 Å². The molecule has 1 aromatic carbocycles. The second kappa shape index (κ2) is 10.5. The highest BCUT2D eigenvalue weighted by atomic mass is 19.3. The minimum Gasteiger partial charge on any atom is -0.442 e. The van der Waals surface area contributed by atoms with Gasteiger partial charge in [0.15, 0.2) is 0 Å². The number of carbonyl (C=O) groups excluding carboxylic acids is 3. The Morgan fingerprint density at radius 1 is 1.26 bits per heavy atom. The van der Waals surface area contributed by atoms with E-state index in [1.807, 2.05) is 5.32 Å². The van der Waals surface area contributed by atoms with Gasteiger partial charge in [-0.15, -0.1) is 5.10 Å². The van der Waals surface area contributed by atoms with Crippen LogP contribution >= 0.6 is 0 Å². The third kappa shape index (κ3) is 5.76. The number of anilines is 2. The van der Waals surface area contributed by atoms with Gasteiger partial charge in [0, 0.05) is 19.6 Å². The van der Waals surface area contributed by atoms with Crippen LogP contribution in [0, 0.1) is 5.82 Å². The molecule has 0 saturated carbocycles. The van der Waals surface area contributed by atoms with Crippen molar-refractivity contribution in [3.05, 3.63) is 30.3 Å². The van der Waals surface area contributed by atoms with Crippen molar-refractivity contribution >= 4 is 29.3 Å².